The lowest BCUT2D eigenvalue weighted by Crippen LogP contribution is -2.38. The Kier molecular flexibility index (Phi) is 7.87. The molecule has 9 nitrogen and oxygen atoms in total. The van der Waals surface area contributed by atoms with E-state index < -0.39 is 12.0 Å². The molecule has 0 saturated carbocycles. The fourth-order valence-electron chi connectivity index (χ4n) is 5.17. The molecule has 0 spiro atoms. The highest BCUT2D eigenvalue weighted by Gasteiger charge is 2.38. The summed E-state index contributed by atoms with van der Waals surface area (Å²) in [4.78, 5) is 34.5. The van der Waals surface area contributed by atoms with E-state index in [2.05, 4.69) is 15.4 Å². The van der Waals surface area contributed by atoms with Gasteiger partial charge < -0.3 is 14.8 Å². The van der Waals surface area contributed by atoms with Crippen molar-refractivity contribution in [2.75, 3.05) is 13.7 Å². The van der Waals surface area contributed by atoms with Crippen molar-refractivity contribution in [3.05, 3.63) is 80.5 Å². The molecule has 1 aliphatic carbocycles. The average Bonchev–Trinajstić information content (AvgIpc) is 3.61. The first-order valence-electron chi connectivity index (χ1n) is 12.9. The molecule has 1 N–H and O–H groups in total. The van der Waals surface area contributed by atoms with Crippen molar-refractivity contribution in [3.63, 3.8) is 0 Å². The maximum atomic E-state index is 14.0. The molecule has 0 amide bonds. The number of fused-ring (bicyclic) bond motifs is 1. The Labute approximate surface area is 229 Å². The second kappa shape index (κ2) is 11.5. The van der Waals surface area contributed by atoms with Gasteiger partial charge in [-0.05, 0) is 61.9 Å². The van der Waals surface area contributed by atoms with E-state index in [-0.39, 0.29) is 30.7 Å². The number of amidine groups is 1. The molecule has 0 bridgehead atoms. The summed E-state index contributed by atoms with van der Waals surface area (Å²) < 4.78 is 26.1. The van der Waals surface area contributed by atoms with E-state index >= 15 is 0 Å². The molecular weight excluding hydrogens is 521 g/mol. The summed E-state index contributed by atoms with van der Waals surface area (Å²) in [5.41, 5.74) is 4.67. The number of esters is 2. The van der Waals surface area contributed by atoms with E-state index in [1.807, 2.05) is 18.5 Å². The van der Waals surface area contributed by atoms with Crippen LogP contribution in [0.2, 0.25) is 0 Å². The lowest BCUT2D eigenvalue weighted by molar-refractivity contribution is -0.141. The molecule has 39 heavy (non-hydrogen) atoms. The Bertz CT molecular complexity index is 1450. The average molecular weight is 552 g/mol. The van der Waals surface area contributed by atoms with Gasteiger partial charge in [-0.15, -0.1) is 11.3 Å². The number of hydrogen-bond donors (Lipinski definition) is 1. The number of hydrogen-bond acceptors (Lipinski definition) is 9. The summed E-state index contributed by atoms with van der Waals surface area (Å²) >= 11 is 1.45. The van der Waals surface area contributed by atoms with Gasteiger partial charge in [0.1, 0.15) is 11.9 Å². The van der Waals surface area contributed by atoms with Crippen LogP contribution in [0.5, 0.6) is 0 Å². The van der Waals surface area contributed by atoms with Crippen LogP contribution >= 0.6 is 11.3 Å². The third-order valence-electron chi connectivity index (χ3n) is 7.03. The largest absolute Gasteiger partial charge is 0.469 e. The summed E-state index contributed by atoms with van der Waals surface area (Å²) in [5.74, 6) is -0.547. The summed E-state index contributed by atoms with van der Waals surface area (Å²) in [6.07, 6.45) is 6.05. The number of nitrogens with one attached hydrogen (secondary N) is 1. The molecule has 204 valence electrons. The van der Waals surface area contributed by atoms with Crippen molar-refractivity contribution >= 4 is 29.1 Å². The molecule has 5 rings (SSSR count). The second-order valence-corrected chi connectivity index (χ2v) is 10.4. The number of thiazole rings is 1. The molecule has 0 fully saturated rings. The molecule has 2 aromatic heterocycles. The number of aliphatic imine (C=N–C) groups is 1. The van der Waals surface area contributed by atoms with Gasteiger partial charge in [-0.25, -0.2) is 14.2 Å². The Balaban J connectivity index is 1.55. The number of benzene rings is 1. The van der Waals surface area contributed by atoms with Crippen molar-refractivity contribution in [3.8, 4) is 0 Å². The molecule has 0 saturated heterocycles. The normalized spacial score (nSPS) is 18.7. The maximum Gasteiger partial charge on any atom is 0.338 e. The van der Waals surface area contributed by atoms with E-state index in [9.17, 15) is 14.0 Å². The van der Waals surface area contributed by atoms with Gasteiger partial charge in [-0.3, -0.25) is 14.5 Å². The van der Waals surface area contributed by atoms with E-state index in [0.717, 1.165) is 35.4 Å². The fourth-order valence-corrected chi connectivity index (χ4v) is 5.76. The van der Waals surface area contributed by atoms with Crippen LogP contribution in [-0.4, -0.2) is 46.3 Å². The number of carbonyl (C=O) groups excluding carboxylic acids is 2. The van der Waals surface area contributed by atoms with Crippen molar-refractivity contribution in [2.45, 2.75) is 52.1 Å². The zero-order chi connectivity index (χ0) is 27.5. The van der Waals surface area contributed by atoms with Gasteiger partial charge in [0.05, 0.1) is 37.9 Å². The quantitative estimate of drug-likeness (QED) is 0.421. The predicted octanol–water partition coefficient (Wildman–Crippen LogP) is 4.06. The van der Waals surface area contributed by atoms with Gasteiger partial charge in [0, 0.05) is 29.4 Å². The van der Waals surface area contributed by atoms with Gasteiger partial charge in [0.2, 0.25) is 0 Å². The Morgan fingerprint density at radius 2 is 2.15 bits per heavy atom. The number of halogens is 1. The number of rotatable bonds is 8. The number of aryl methyl sites for hydroxylation is 3. The molecule has 3 aromatic rings. The molecule has 11 heteroatoms. The van der Waals surface area contributed by atoms with Crippen LogP contribution in [0.1, 0.15) is 53.2 Å². The van der Waals surface area contributed by atoms with Gasteiger partial charge in [-0.1, -0.05) is 6.07 Å². The van der Waals surface area contributed by atoms with Crippen LogP contribution in [0, 0.1) is 18.7 Å². The first-order valence-corrected chi connectivity index (χ1v) is 13.8. The zero-order valence-electron chi connectivity index (χ0n) is 22.1. The topological polar surface area (TPSA) is 108 Å². The van der Waals surface area contributed by atoms with Crippen molar-refractivity contribution in [2.24, 2.45) is 10.9 Å². The Morgan fingerprint density at radius 3 is 2.87 bits per heavy atom. The molecular formula is C28H30FN5O4S. The highest BCUT2D eigenvalue weighted by molar-refractivity contribution is 7.11. The third kappa shape index (κ3) is 5.63. The number of carbonyl (C=O) groups is 2. The minimum atomic E-state index is -0.677. The number of aromatic nitrogens is 3. The monoisotopic (exact) mass is 551 g/mol. The molecule has 1 aromatic carbocycles. The highest BCUT2D eigenvalue weighted by Crippen LogP contribution is 2.39. The molecule has 2 atom stereocenters. The molecule has 3 heterocycles. The van der Waals surface area contributed by atoms with Gasteiger partial charge in [0.25, 0.3) is 0 Å². The van der Waals surface area contributed by atoms with E-state index in [4.69, 9.17) is 14.5 Å². The van der Waals surface area contributed by atoms with Crippen LogP contribution in [0.25, 0.3) is 0 Å². The lowest BCUT2D eigenvalue weighted by atomic mass is 9.81. The second-order valence-electron chi connectivity index (χ2n) is 9.52. The van der Waals surface area contributed by atoms with Crippen LogP contribution in [0.3, 0.4) is 0 Å². The standard InChI is InChI=1S/C28H30FN5O4S/c1-4-38-28(36)23-24(17-5-8-21-18(14-17)15-34(33-21)11-9-22(35)37-3)31-26(27-30-10-12-39-27)32-25(23)20-7-6-19(29)13-16(20)2/h6-7,10,12-13,15,17,25H,4-5,8-9,11,14H2,1-3H3,(H,31,32). The van der Waals surface area contributed by atoms with Crippen LogP contribution < -0.4 is 5.32 Å². The minimum absolute atomic E-state index is 0.0381. The minimum Gasteiger partial charge on any atom is -0.469 e. The number of ether oxygens (including phenoxy) is 2. The first-order chi connectivity index (χ1) is 18.9. The zero-order valence-corrected chi connectivity index (χ0v) is 22.9. The van der Waals surface area contributed by atoms with E-state index in [0.29, 0.717) is 34.9 Å². The molecule has 2 aliphatic rings. The summed E-state index contributed by atoms with van der Waals surface area (Å²) in [7, 11) is 1.37. The molecule has 1 aliphatic heterocycles. The van der Waals surface area contributed by atoms with Crippen molar-refractivity contribution < 1.29 is 23.5 Å². The van der Waals surface area contributed by atoms with E-state index in [1.54, 1.807) is 23.9 Å². The van der Waals surface area contributed by atoms with Crippen LogP contribution in [0.15, 0.2) is 52.2 Å². The van der Waals surface area contributed by atoms with Gasteiger partial charge in [0.15, 0.2) is 10.8 Å². The SMILES string of the molecule is CCOC(=O)C1=C(C2CCc3nn(CCC(=O)OC)cc3C2)NC(c2nccs2)=NC1c1ccc(F)cc1C. The van der Waals surface area contributed by atoms with Crippen molar-refractivity contribution in [1.29, 1.82) is 0 Å². The van der Waals surface area contributed by atoms with Gasteiger partial charge >= 0.3 is 11.9 Å². The van der Waals surface area contributed by atoms with E-state index in [1.165, 1.54) is 30.6 Å². The summed E-state index contributed by atoms with van der Waals surface area (Å²) in [5, 5.41) is 10.7. The predicted molar refractivity (Wildman–Crippen MR) is 144 cm³/mol. The van der Waals surface area contributed by atoms with Gasteiger partial charge in [-0.2, -0.15) is 5.10 Å². The Morgan fingerprint density at radius 1 is 1.31 bits per heavy atom. The maximum absolute atomic E-state index is 14.0. The number of methoxy groups -OCH3 is 1. The Hall–Kier alpha value is -3.86. The number of allylic oxidation sites excluding steroid dienone is 1. The summed E-state index contributed by atoms with van der Waals surface area (Å²) in [6, 6.07) is 3.85. The summed E-state index contributed by atoms with van der Waals surface area (Å²) in [6.45, 7) is 4.24. The molecule has 2 unspecified atom stereocenters. The fraction of sp³-hybridized carbons (Fsp3) is 0.393. The smallest absolute Gasteiger partial charge is 0.338 e. The molecule has 0 radical (unpaired) electrons. The third-order valence-corrected chi connectivity index (χ3v) is 7.81. The lowest BCUT2D eigenvalue weighted by Gasteiger charge is -2.33. The highest BCUT2D eigenvalue weighted by atomic mass is 32.1. The van der Waals surface area contributed by atoms with Crippen LogP contribution in [-0.2, 0) is 38.4 Å². The van der Waals surface area contributed by atoms with Crippen LogP contribution in [0.4, 0.5) is 4.39 Å². The first kappa shape index (κ1) is 26.7. The number of nitrogens with zero attached hydrogens (tertiary/aromatic N) is 4. The van der Waals surface area contributed by atoms with Crippen molar-refractivity contribution in [1.82, 2.24) is 20.1 Å².